The highest BCUT2D eigenvalue weighted by Gasteiger charge is 2.18. The number of rotatable bonds is 7. The number of aliphatic hydroxyl groups is 2. The third-order valence-electron chi connectivity index (χ3n) is 5.54. The standard InChI is InChI=1S/C25H27N5O3/c1-4-30-15-20(19-11-16(5-6-22(19)30)24(32)27-9-10-31)23-28-13-17(14-29-23)21-12-18(7-8-26-21)25(2,3)33/h5-8,11-15,31,33H,4,9-10H2,1-3H3,(H,27,32). The number of benzene rings is 1. The van der Waals surface area contributed by atoms with Crippen molar-refractivity contribution < 1.29 is 15.0 Å². The number of carbonyl (C=O) groups excluding carboxylic acids is 1. The van der Waals surface area contributed by atoms with E-state index in [1.165, 1.54) is 0 Å². The van der Waals surface area contributed by atoms with Crippen LogP contribution in [0.4, 0.5) is 0 Å². The molecule has 0 radical (unpaired) electrons. The van der Waals surface area contributed by atoms with Gasteiger partial charge in [0.2, 0.25) is 0 Å². The first-order chi connectivity index (χ1) is 15.8. The van der Waals surface area contributed by atoms with Crippen molar-refractivity contribution in [3.05, 3.63) is 66.2 Å². The third kappa shape index (κ3) is 4.62. The zero-order valence-electron chi connectivity index (χ0n) is 18.9. The van der Waals surface area contributed by atoms with Crippen LogP contribution in [0, 0.1) is 0 Å². The maximum atomic E-state index is 12.4. The van der Waals surface area contributed by atoms with E-state index in [4.69, 9.17) is 5.11 Å². The smallest absolute Gasteiger partial charge is 0.251 e. The van der Waals surface area contributed by atoms with Gasteiger partial charge in [0.1, 0.15) is 0 Å². The lowest BCUT2D eigenvalue weighted by atomic mass is 9.98. The topological polar surface area (TPSA) is 113 Å². The molecule has 8 nitrogen and oxygen atoms in total. The second-order valence-corrected chi connectivity index (χ2v) is 8.32. The first kappa shape index (κ1) is 22.6. The molecule has 0 aliphatic rings. The predicted molar refractivity (Wildman–Crippen MR) is 127 cm³/mol. The number of pyridine rings is 1. The molecule has 0 spiro atoms. The maximum Gasteiger partial charge on any atom is 0.251 e. The largest absolute Gasteiger partial charge is 0.395 e. The molecule has 8 heteroatoms. The Kier molecular flexibility index (Phi) is 6.22. The minimum absolute atomic E-state index is 0.112. The van der Waals surface area contributed by atoms with Crippen LogP contribution in [0.15, 0.2) is 55.1 Å². The van der Waals surface area contributed by atoms with Gasteiger partial charge in [-0.15, -0.1) is 0 Å². The van der Waals surface area contributed by atoms with Crippen LogP contribution in [0.1, 0.15) is 36.7 Å². The Morgan fingerprint density at radius 3 is 2.55 bits per heavy atom. The number of aliphatic hydroxyl groups excluding tert-OH is 1. The SMILES string of the molecule is CCn1cc(-c2ncc(-c3cc(C(C)(C)O)ccn3)cn2)c2cc(C(=O)NCCO)ccc21. The van der Waals surface area contributed by atoms with Crippen LogP contribution in [0.3, 0.4) is 0 Å². The molecule has 0 aliphatic heterocycles. The maximum absolute atomic E-state index is 12.4. The highest BCUT2D eigenvalue weighted by atomic mass is 16.3. The van der Waals surface area contributed by atoms with Crippen molar-refractivity contribution in [2.75, 3.05) is 13.2 Å². The third-order valence-corrected chi connectivity index (χ3v) is 5.54. The Bertz CT molecular complexity index is 1290. The fourth-order valence-electron chi connectivity index (χ4n) is 3.72. The van der Waals surface area contributed by atoms with Crippen LogP contribution >= 0.6 is 0 Å². The number of carbonyl (C=O) groups is 1. The first-order valence-electron chi connectivity index (χ1n) is 10.9. The van der Waals surface area contributed by atoms with Crippen molar-refractivity contribution in [1.82, 2.24) is 24.8 Å². The van der Waals surface area contributed by atoms with Crippen molar-refractivity contribution in [3.63, 3.8) is 0 Å². The van der Waals surface area contributed by atoms with Crippen molar-refractivity contribution in [2.24, 2.45) is 0 Å². The molecule has 3 N–H and O–H groups in total. The fraction of sp³-hybridized carbons (Fsp3) is 0.280. The van der Waals surface area contributed by atoms with Crippen LogP contribution < -0.4 is 5.32 Å². The average molecular weight is 446 g/mol. The monoisotopic (exact) mass is 445 g/mol. The summed E-state index contributed by atoms with van der Waals surface area (Å²) in [6, 6.07) is 9.13. The van der Waals surface area contributed by atoms with Gasteiger partial charge in [-0.3, -0.25) is 9.78 Å². The Morgan fingerprint density at radius 1 is 1.12 bits per heavy atom. The second-order valence-electron chi connectivity index (χ2n) is 8.32. The van der Waals surface area contributed by atoms with Crippen LogP contribution in [0.2, 0.25) is 0 Å². The van der Waals surface area contributed by atoms with E-state index in [9.17, 15) is 9.90 Å². The number of hydrogen-bond donors (Lipinski definition) is 3. The summed E-state index contributed by atoms with van der Waals surface area (Å²) in [6.45, 7) is 6.36. The first-order valence-corrected chi connectivity index (χ1v) is 10.9. The van der Waals surface area contributed by atoms with Crippen molar-refractivity contribution >= 4 is 16.8 Å². The lowest BCUT2D eigenvalue weighted by Gasteiger charge is -2.18. The Balaban J connectivity index is 1.72. The van der Waals surface area contributed by atoms with Gasteiger partial charge < -0.3 is 20.1 Å². The van der Waals surface area contributed by atoms with Gasteiger partial charge in [-0.05, 0) is 56.7 Å². The summed E-state index contributed by atoms with van der Waals surface area (Å²) in [6.07, 6.45) is 7.08. The molecule has 0 aliphatic carbocycles. The average Bonchev–Trinajstić information content (AvgIpc) is 3.20. The van der Waals surface area contributed by atoms with E-state index in [-0.39, 0.29) is 19.1 Å². The Hall–Kier alpha value is -3.62. The summed E-state index contributed by atoms with van der Waals surface area (Å²) in [5, 5.41) is 22.8. The molecular weight excluding hydrogens is 418 g/mol. The molecule has 3 aromatic heterocycles. The Labute approximate surface area is 192 Å². The molecule has 170 valence electrons. The molecule has 1 aromatic carbocycles. The molecular formula is C25H27N5O3. The predicted octanol–water partition coefficient (Wildman–Crippen LogP) is 3.13. The normalized spacial score (nSPS) is 11.7. The number of amides is 1. The van der Waals surface area contributed by atoms with Crippen LogP contribution in [-0.2, 0) is 12.1 Å². The minimum Gasteiger partial charge on any atom is -0.395 e. The van der Waals surface area contributed by atoms with E-state index in [2.05, 4.69) is 31.8 Å². The Morgan fingerprint density at radius 2 is 1.88 bits per heavy atom. The summed E-state index contributed by atoms with van der Waals surface area (Å²) in [5.41, 5.74) is 3.53. The lowest BCUT2D eigenvalue weighted by Crippen LogP contribution is -2.26. The molecule has 4 rings (SSSR count). The zero-order chi connectivity index (χ0) is 23.6. The highest BCUT2D eigenvalue weighted by Crippen LogP contribution is 2.30. The van der Waals surface area contributed by atoms with Gasteiger partial charge in [0, 0.05) is 65.5 Å². The number of aryl methyl sites for hydroxylation is 1. The molecule has 4 aromatic rings. The van der Waals surface area contributed by atoms with Gasteiger partial charge in [0.25, 0.3) is 5.91 Å². The van der Waals surface area contributed by atoms with Gasteiger partial charge in [0.05, 0.1) is 17.9 Å². The molecule has 0 unspecified atom stereocenters. The highest BCUT2D eigenvalue weighted by molar-refractivity contribution is 6.02. The molecule has 0 atom stereocenters. The lowest BCUT2D eigenvalue weighted by molar-refractivity contribution is 0.0785. The number of nitrogens with zero attached hydrogens (tertiary/aromatic N) is 4. The quantitative estimate of drug-likeness (QED) is 0.403. The van der Waals surface area contributed by atoms with E-state index < -0.39 is 5.60 Å². The summed E-state index contributed by atoms with van der Waals surface area (Å²) in [5.74, 6) is 0.303. The van der Waals surface area contributed by atoms with Gasteiger partial charge in [-0.25, -0.2) is 9.97 Å². The molecule has 0 saturated carbocycles. The second kappa shape index (κ2) is 9.09. The van der Waals surface area contributed by atoms with E-state index >= 15 is 0 Å². The number of aromatic nitrogens is 4. The van der Waals surface area contributed by atoms with E-state index in [0.717, 1.165) is 34.1 Å². The number of hydrogen-bond acceptors (Lipinski definition) is 6. The van der Waals surface area contributed by atoms with Gasteiger partial charge in [0.15, 0.2) is 5.82 Å². The van der Waals surface area contributed by atoms with Gasteiger partial charge in [-0.1, -0.05) is 0 Å². The summed E-state index contributed by atoms with van der Waals surface area (Å²) >= 11 is 0. The van der Waals surface area contributed by atoms with Gasteiger partial charge >= 0.3 is 0 Å². The molecule has 0 fully saturated rings. The van der Waals surface area contributed by atoms with Crippen molar-refractivity contribution in [2.45, 2.75) is 32.9 Å². The van der Waals surface area contributed by atoms with Crippen LogP contribution in [0.5, 0.6) is 0 Å². The summed E-state index contributed by atoms with van der Waals surface area (Å²) < 4.78 is 2.09. The van der Waals surface area contributed by atoms with Crippen molar-refractivity contribution in [1.29, 1.82) is 0 Å². The molecule has 33 heavy (non-hydrogen) atoms. The fourth-order valence-corrected chi connectivity index (χ4v) is 3.72. The van der Waals surface area contributed by atoms with Gasteiger partial charge in [-0.2, -0.15) is 0 Å². The summed E-state index contributed by atoms with van der Waals surface area (Å²) in [7, 11) is 0. The van der Waals surface area contributed by atoms with Crippen LogP contribution in [0.25, 0.3) is 33.5 Å². The number of nitrogens with one attached hydrogen (secondary N) is 1. The van der Waals surface area contributed by atoms with E-state index in [1.54, 1.807) is 44.6 Å². The molecule has 3 heterocycles. The van der Waals surface area contributed by atoms with Crippen molar-refractivity contribution in [3.8, 4) is 22.6 Å². The van der Waals surface area contributed by atoms with Crippen LogP contribution in [-0.4, -0.2) is 48.8 Å². The molecule has 0 bridgehead atoms. The molecule has 1 amide bonds. The minimum atomic E-state index is -0.971. The molecule has 0 saturated heterocycles. The van der Waals surface area contributed by atoms with E-state index in [1.807, 2.05) is 24.4 Å². The summed E-state index contributed by atoms with van der Waals surface area (Å²) in [4.78, 5) is 25.9. The van der Waals surface area contributed by atoms with E-state index in [0.29, 0.717) is 17.1 Å². The zero-order valence-corrected chi connectivity index (χ0v) is 18.9. The number of fused-ring (bicyclic) bond motifs is 1.